The molecule has 1 aromatic rings. The predicted octanol–water partition coefficient (Wildman–Crippen LogP) is 1.62. The second kappa shape index (κ2) is 4.39. The lowest BCUT2D eigenvalue weighted by molar-refractivity contribution is 0.0688. The van der Waals surface area contributed by atoms with Gasteiger partial charge in [-0.2, -0.15) is 0 Å². The first kappa shape index (κ1) is 11.6. The van der Waals surface area contributed by atoms with Gasteiger partial charge in [0.1, 0.15) is 11.5 Å². The summed E-state index contributed by atoms with van der Waals surface area (Å²) in [7, 11) is 0. The van der Waals surface area contributed by atoms with E-state index in [1.807, 2.05) is 13.8 Å². The van der Waals surface area contributed by atoms with Gasteiger partial charge in [-0.15, -0.1) is 0 Å². The number of anilines is 1. The van der Waals surface area contributed by atoms with Crippen molar-refractivity contribution in [3.8, 4) is 0 Å². The minimum Gasteiger partial charge on any atom is -0.477 e. The molecule has 0 fully saturated rings. The Balaban J connectivity index is 3.33. The van der Waals surface area contributed by atoms with Gasteiger partial charge in [-0.1, -0.05) is 13.8 Å². The van der Waals surface area contributed by atoms with Gasteiger partial charge in [0.2, 0.25) is 0 Å². The molecule has 0 atom stereocenters. The Morgan fingerprint density at radius 1 is 1.67 bits per heavy atom. The molecule has 15 heavy (non-hydrogen) atoms. The number of H-pyrrole nitrogens is 1. The average Bonchev–Trinajstić information content (AvgIpc) is 2.08. The molecule has 4 N–H and O–H groups in total. The Morgan fingerprint density at radius 3 is 2.73 bits per heavy atom. The zero-order chi connectivity index (χ0) is 11.6. The Labute approximate surface area is 92.3 Å². The van der Waals surface area contributed by atoms with Crippen LogP contribution < -0.4 is 5.73 Å². The third-order valence-corrected chi connectivity index (χ3v) is 2.08. The van der Waals surface area contributed by atoms with Gasteiger partial charge in [0.25, 0.3) is 0 Å². The number of hydrogen-bond acceptors (Lipinski definition) is 4. The average molecular weight is 227 g/mol. The topological polar surface area (TPSA) is 92.0 Å². The standard InChI is InChI=1S/C9H13N3O2S/c1-4(2)3-5-6(8(13)14)11-9(15)12-7(5)10/h4H,3H2,1-2H3,(H,13,14)(H3,10,11,12,15). The van der Waals surface area contributed by atoms with Crippen molar-refractivity contribution in [2.45, 2.75) is 20.3 Å². The van der Waals surface area contributed by atoms with Gasteiger partial charge in [0.15, 0.2) is 4.77 Å². The van der Waals surface area contributed by atoms with Crippen molar-refractivity contribution in [3.05, 3.63) is 16.0 Å². The minimum atomic E-state index is -1.06. The van der Waals surface area contributed by atoms with Crippen molar-refractivity contribution < 1.29 is 9.90 Å². The molecule has 1 aromatic heterocycles. The quantitative estimate of drug-likeness (QED) is 0.682. The Kier molecular flexibility index (Phi) is 3.41. The maximum atomic E-state index is 10.9. The largest absolute Gasteiger partial charge is 0.477 e. The first-order valence-electron chi connectivity index (χ1n) is 4.53. The van der Waals surface area contributed by atoms with Gasteiger partial charge in [-0.05, 0) is 24.6 Å². The smallest absolute Gasteiger partial charge is 0.352 e. The molecule has 6 heteroatoms. The number of carboxylic acids is 1. The highest BCUT2D eigenvalue weighted by Crippen LogP contribution is 2.17. The van der Waals surface area contributed by atoms with Crippen molar-refractivity contribution >= 4 is 24.0 Å². The van der Waals surface area contributed by atoms with Gasteiger partial charge in [-0.3, -0.25) is 0 Å². The Bertz CT molecular complexity index is 439. The molecule has 1 heterocycles. The summed E-state index contributed by atoms with van der Waals surface area (Å²) in [5.74, 6) is -0.563. The van der Waals surface area contributed by atoms with Crippen molar-refractivity contribution in [2.75, 3.05) is 5.73 Å². The fraction of sp³-hybridized carbons (Fsp3) is 0.444. The third kappa shape index (κ3) is 2.76. The summed E-state index contributed by atoms with van der Waals surface area (Å²) >= 11 is 4.77. The van der Waals surface area contributed by atoms with Gasteiger partial charge < -0.3 is 15.8 Å². The Hall–Kier alpha value is -1.43. The fourth-order valence-electron chi connectivity index (χ4n) is 1.31. The van der Waals surface area contributed by atoms with Gasteiger partial charge in [0, 0.05) is 5.56 Å². The van der Waals surface area contributed by atoms with Crippen molar-refractivity contribution in [1.82, 2.24) is 9.97 Å². The van der Waals surface area contributed by atoms with Gasteiger partial charge in [-0.25, -0.2) is 9.78 Å². The van der Waals surface area contributed by atoms with Gasteiger partial charge >= 0.3 is 5.97 Å². The number of hydrogen-bond donors (Lipinski definition) is 3. The number of nitrogens with one attached hydrogen (secondary N) is 1. The summed E-state index contributed by atoms with van der Waals surface area (Å²) in [5, 5.41) is 8.97. The van der Waals surface area contributed by atoms with Crippen LogP contribution in [0.1, 0.15) is 29.9 Å². The van der Waals surface area contributed by atoms with Crippen molar-refractivity contribution in [2.24, 2.45) is 5.92 Å². The van der Waals surface area contributed by atoms with Crippen LogP contribution in [0.4, 0.5) is 5.82 Å². The lowest BCUT2D eigenvalue weighted by atomic mass is 10.0. The molecule has 1 rings (SSSR count). The number of nitrogen functional groups attached to an aromatic ring is 1. The molecule has 0 saturated carbocycles. The molecular formula is C9H13N3O2S. The summed E-state index contributed by atoms with van der Waals surface area (Å²) in [6.07, 6.45) is 0.562. The zero-order valence-electron chi connectivity index (χ0n) is 8.57. The lowest BCUT2D eigenvalue weighted by Crippen LogP contribution is -2.13. The molecule has 5 nitrogen and oxygen atoms in total. The molecule has 0 aliphatic carbocycles. The monoisotopic (exact) mass is 227 g/mol. The van der Waals surface area contributed by atoms with E-state index in [1.54, 1.807) is 0 Å². The number of aromatic nitrogens is 2. The van der Waals surface area contributed by atoms with E-state index < -0.39 is 5.97 Å². The molecule has 0 aliphatic rings. The molecule has 0 radical (unpaired) electrons. The second-order valence-corrected chi connectivity index (χ2v) is 4.07. The second-order valence-electron chi connectivity index (χ2n) is 3.68. The number of carboxylic acid groups (broad SMARTS) is 1. The molecule has 0 aromatic carbocycles. The van der Waals surface area contributed by atoms with Crippen LogP contribution in [0.5, 0.6) is 0 Å². The van der Waals surface area contributed by atoms with Crippen LogP contribution in [0.25, 0.3) is 0 Å². The predicted molar refractivity (Wildman–Crippen MR) is 59.3 cm³/mol. The number of nitrogens with two attached hydrogens (primary N) is 1. The summed E-state index contributed by atoms with van der Waals surface area (Å²) in [6, 6.07) is 0. The zero-order valence-corrected chi connectivity index (χ0v) is 9.39. The van der Waals surface area contributed by atoms with E-state index in [1.165, 1.54) is 0 Å². The van der Waals surface area contributed by atoms with Gasteiger partial charge in [0.05, 0.1) is 0 Å². The van der Waals surface area contributed by atoms with E-state index in [4.69, 9.17) is 23.1 Å². The molecule has 0 bridgehead atoms. The molecule has 0 unspecified atom stereocenters. The molecule has 82 valence electrons. The van der Waals surface area contributed by atoms with Crippen LogP contribution in [-0.2, 0) is 6.42 Å². The van der Waals surface area contributed by atoms with Crippen LogP contribution >= 0.6 is 12.2 Å². The van der Waals surface area contributed by atoms with E-state index in [2.05, 4.69) is 9.97 Å². The number of aromatic amines is 1. The maximum absolute atomic E-state index is 10.9. The number of carbonyl (C=O) groups is 1. The Morgan fingerprint density at radius 2 is 2.27 bits per heavy atom. The normalized spacial score (nSPS) is 10.6. The third-order valence-electron chi connectivity index (χ3n) is 1.89. The van der Waals surface area contributed by atoms with E-state index in [0.29, 0.717) is 17.9 Å². The molecule has 0 amide bonds. The van der Waals surface area contributed by atoms with E-state index >= 15 is 0 Å². The lowest BCUT2D eigenvalue weighted by Gasteiger charge is -2.10. The van der Waals surface area contributed by atoms with Crippen LogP contribution in [-0.4, -0.2) is 21.0 Å². The fourth-order valence-corrected chi connectivity index (χ4v) is 1.51. The first-order valence-corrected chi connectivity index (χ1v) is 4.94. The van der Waals surface area contributed by atoms with E-state index in [-0.39, 0.29) is 16.3 Å². The van der Waals surface area contributed by atoms with E-state index in [0.717, 1.165) is 0 Å². The summed E-state index contributed by atoms with van der Waals surface area (Å²) < 4.78 is 0.0948. The summed E-state index contributed by atoms with van der Waals surface area (Å²) in [6.45, 7) is 3.96. The number of aromatic carboxylic acids is 1. The number of nitrogens with zero attached hydrogens (tertiary/aromatic N) is 1. The van der Waals surface area contributed by atoms with E-state index in [9.17, 15) is 4.79 Å². The highest BCUT2D eigenvalue weighted by molar-refractivity contribution is 7.71. The highest BCUT2D eigenvalue weighted by Gasteiger charge is 2.15. The van der Waals surface area contributed by atoms with Crippen LogP contribution in [0, 0.1) is 10.7 Å². The SMILES string of the molecule is CC(C)Cc1c(N)nc(=S)[nH]c1C(=O)O. The minimum absolute atomic E-state index is 0.0428. The molecule has 0 saturated heterocycles. The van der Waals surface area contributed by atoms with Crippen LogP contribution in [0.2, 0.25) is 0 Å². The maximum Gasteiger partial charge on any atom is 0.352 e. The van der Waals surface area contributed by atoms with Crippen molar-refractivity contribution in [1.29, 1.82) is 0 Å². The first-order chi connectivity index (χ1) is 6.91. The van der Waals surface area contributed by atoms with Crippen LogP contribution in [0.15, 0.2) is 0 Å². The molecule has 0 aliphatic heterocycles. The summed E-state index contributed by atoms with van der Waals surface area (Å²) in [4.78, 5) is 17.3. The van der Waals surface area contributed by atoms with Crippen molar-refractivity contribution in [3.63, 3.8) is 0 Å². The highest BCUT2D eigenvalue weighted by atomic mass is 32.1. The molecule has 0 spiro atoms. The molecular weight excluding hydrogens is 214 g/mol. The van der Waals surface area contributed by atoms with Crippen LogP contribution in [0.3, 0.4) is 0 Å². The summed E-state index contributed by atoms with van der Waals surface area (Å²) in [5.41, 5.74) is 6.21. The number of rotatable bonds is 3.